The SMILES string of the molecule is Cc1ccccc1Oc1nnc(Cl)cc1-c1ccc(C(=O)O)c(C(=O)O)c1-c1cc(Cl)nnc1Oc1ccccc1C. The van der Waals surface area contributed by atoms with E-state index in [1.807, 2.05) is 38.1 Å². The number of aromatic carboxylic acids is 2. The number of aryl methyl sites for hydroxylation is 2. The number of para-hydroxylation sites is 2. The Kier molecular flexibility index (Phi) is 8.01. The van der Waals surface area contributed by atoms with Crippen molar-refractivity contribution >= 4 is 35.1 Å². The lowest BCUT2D eigenvalue weighted by Crippen LogP contribution is -2.12. The van der Waals surface area contributed by atoms with Crippen LogP contribution in [0.5, 0.6) is 23.3 Å². The van der Waals surface area contributed by atoms with Crippen LogP contribution < -0.4 is 9.47 Å². The lowest BCUT2D eigenvalue weighted by atomic mass is 9.88. The minimum absolute atomic E-state index is 0.0103. The molecule has 0 aliphatic carbocycles. The Morgan fingerprint density at radius 2 is 1.14 bits per heavy atom. The third-order valence-corrected chi connectivity index (χ3v) is 6.64. The van der Waals surface area contributed by atoms with Crippen LogP contribution in [0.1, 0.15) is 31.8 Å². The molecular formula is C30H20Cl2N4O6. The van der Waals surface area contributed by atoms with E-state index in [1.165, 1.54) is 24.3 Å². The van der Waals surface area contributed by atoms with Crippen molar-refractivity contribution in [2.75, 3.05) is 0 Å². The molecule has 0 atom stereocenters. The van der Waals surface area contributed by atoms with Gasteiger partial charge in [-0.05, 0) is 60.9 Å². The van der Waals surface area contributed by atoms with Crippen molar-refractivity contribution in [3.8, 4) is 45.5 Å². The highest BCUT2D eigenvalue weighted by Gasteiger charge is 2.29. The Balaban J connectivity index is 1.84. The fourth-order valence-corrected chi connectivity index (χ4v) is 4.59. The molecule has 42 heavy (non-hydrogen) atoms. The van der Waals surface area contributed by atoms with Gasteiger partial charge in [0.1, 0.15) is 11.5 Å². The molecule has 2 N–H and O–H groups in total. The summed E-state index contributed by atoms with van der Waals surface area (Å²) in [4.78, 5) is 25.0. The number of hydrogen-bond acceptors (Lipinski definition) is 8. The first-order valence-corrected chi connectivity index (χ1v) is 13.1. The van der Waals surface area contributed by atoms with Crippen LogP contribution in [0.3, 0.4) is 0 Å². The first kappa shape index (κ1) is 28.5. The van der Waals surface area contributed by atoms with Crippen LogP contribution in [0, 0.1) is 13.8 Å². The molecule has 2 aromatic heterocycles. The Labute approximate surface area is 249 Å². The highest BCUT2D eigenvalue weighted by atomic mass is 35.5. The van der Waals surface area contributed by atoms with E-state index in [2.05, 4.69) is 20.4 Å². The summed E-state index contributed by atoms with van der Waals surface area (Å²) >= 11 is 12.5. The van der Waals surface area contributed by atoms with E-state index in [4.69, 9.17) is 32.7 Å². The lowest BCUT2D eigenvalue weighted by molar-refractivity contribution is 0.0652. The molecule has 12 heteroatoms. The maximum Gasteiger partial charge on any atom is 0.337 e. The molecule has 0 amide bonds. The van der Waals surface area contributed by atoms with E-state index in [-0.39, 0.29) is 44.3 Å². The number of nitrogens with zero attached hydrogens (tertiary/aromatic N) is 4. The fourth-order valence-electron chi connectivity index (χ4n) is 4.29. The number of aromatic nitrogens is 4. The van der Waals surface area contributed by atoms with Crippen molar-refractivity contribution in [2.24, 2.45) is 0 Å². The van der Waals surface area contributed by atoms with Gasteiger partial charge in [0, 0.05) is 11.1 Å². The van der Waals surface area contributed by atoms with E-state index in [0.717, 1.165) is 11.1 Å². The molecule has 5 aromatic rings. The van der Waals surface area contributed by atoms with Gasteiger partial charge in [-0.1, -0.05) is 65.7 Å². The first-order valence-electron chi connectivity index (χ1n) is 12.3. The maximum absolute atomic E-state index is 12.7. The maximum atomic E-state index is 12.7. The molecule has 10 nitrogen and oxygen atoms in total. The molecule has 0 aliphatic rings. The molecule has 0 saturated carbocycles. The third-order valence-electron chi connectivity index (χ3n) is 6.27. The van der Waals surface area contributed by atoms with Gasteiger partial charge in [0.05, 0.1) is 16.7 Å². The second-order valence-electron chi connectivity index (χ2n) is 9.03. The molecule has 0 saturated heterocycles. The number of halogens is 2. The molecule has 210 valence electrons. The van der Waals surface area contributed by atoms with Gasteiger partial charge in [0.2, 0.25) is 11.8 Å². The minimum atomic E-state index is -1.52. The average Bonchev–Trinajstić information content (AvgIpc) is 2.96. The molecule has 0 fully saturated rings. The summed E-state index contributed by atoms with van der Waals surface area (Å²) in [5.41, 5.74) is 0.923. The molecule has 0 aliphatic heterocycles. The van der Waals surface area contributed by atoms with E-state index < -0.39 is 23.1 Å². The minimum Gasteiger partial charge on any atom is -0.478 e. The highest BCUT2D eigenvalue weighted by Crippen LogP contribution is 2.45. The molecule has 0 bridgehead atoms. The van der Waals surface area contributed by atoms with Crippen molar-refractivity contribution in [1.29, 1.82) is 0 Å². The quantitative estimate of drug-likeness (QED) is 0.183. The van der Waals surface area contributed by atoms with Crippen molar-refractivity contribution in [3.05, 3.63) is 105 Å². The molecule has 0 radical (unpaired) electrons. The summed E-state index contributed by atoms with van der Waals surface area (Å²) < 4.78 is 12.2. The largest absolute Gasteiger partial charge is 0.478 e. The van der Waals surface area contributed by atoms with Gasteiger partial charge in [-0.15, -0.1) is 20.4 Å². The first-order chi connectivity index (χ1) is 20.1. The normalized spacial score (nSPS) is 10.8. The molecule has 0 spiro atoms. The van der Waals surface area contributed by atoms with Crippen molar-refractivity contribution in [2.45, 2.75) is 13.8 Å². The third kappa shape index (κ3) is 5.71. The number of benzene rings is 3. The lowest BCUT2D eigenvalue weighted by Gasteiger charge is -2.19. The molecule has 0 unspecified atom stereocenters. The standard InChI is InChI=1S/C30H20Cl2N4O6/c1-15-7-3-5-9-21(15)41-27-19(13-23(31)33-35-27)17-11-12-18(29(37)38)26(30(39)40)25(17)20-14-24(32)34-36-28(20)42-22-10-6-4-8-16(22)2/h3-14H,1-2H3,(H,37,38)(H,39,40). The van der Waals surface area contributed by atoms with Crippen LogP contribution >= 0.6 is 23.2 Å². The van der Waals surface area contributed by atoms with Gasteiger partial charge in [-0.3, -0.25) is 0 Å². The van der Waals surface area contributed by atoms with Crippen LogP contribution in [0.4, 0.5) is 0 Å². The van der Waals surface area contributed by atoms with Gasteiger partial charge in [-0.2, -0.15) is 0 Å². The van der Waals surface area contributed by atoms with Crippen LogP contribution in [0.25, 0.3) is 22.3 Å². The van der Waals surface area contributed by atoms with Gasteiger partial charge in [0.15, 0.2) is 10.3 Å². The average molecular weight is 603 g/mol. The Hall–Kier alpha value is -5.06. The number of ether oxygens (including phenoxy) is 2. The van der Waals surface area contributed by atoms with Crippen LogP contribution in [0.15, 0.2) is 72.8 Å². The summed E-state index contributed by atoms with van der Waals surface area (Å²) in [5.74, 6) is -2.22. The molecule has 5 rings (SSSR count). The summed E-state index contributed by atoms with van der Waals surface area (Å²) in [6, 6.07) is 19.7. The molecular weight excluding hydrogens is 583 g/mol. The number of rotatable bonds is 8. The van der Waals surface area contributed by atoms with E-state index in [1.54, 1.807) is 24.3 Å². The predicted molar refractivity (Wildman–Crippen MR) is 155 cm³/mol. The van der Waals surface area contributed by atoms with Crippen LogP contribution in [0.2, 0.25) is 10.3 Å². The Morgan fingerprint density at radius 1 is 0.643 bits per heavy atom. The van der Waals surface area contributed by atoms with Gasteiger partial charge in [-0.25, -0.2) is 9.59 Å². The monoisotopic (exact) mass is 602 g/mol. The fraction of sp³-hybridized carbons (Fsp3) is 0.0667. The van der Waals surface area contributed by atoms with Crippen LogP contribution in [-0.4, -0.2) is 42.5 Å². The van der Waals surface area contributed by atoms with Gasteiger partial charge in [0.25, 0.3) is 0 Å². The van der Waals surface area contributed by atoms with Gasteiger partial charge >= 0.3 is 11.9 Å². The Bertz CT molecular complexity index is 1860. The van der Waals surface area contributed by atoms with Crippen molar-refractivity contribution in [3.63, 3.8) is 0 Å². The number of carbonyl (C=O) groups is 2. The summed E-state index contributed by atoms with van der Waals surface area (Å²) in [6.45, 7) is 3.66. The summed E-state index contributed by atoms with van der Waals surface area (Å²) in [7, 11) is 0. The van der Waals surface area contributed by atoms with E-state index in [0.29, 0.717) is 11.5 Å². The van der Waals surface area contributed by atoms with Crippen molar-refractivity contribution in [1.82, 2.24) is 20.4 Å². The van der Waals surface area contributed by atoms with Crippen molar-refractivity contribution < 1.29 is 29.3 Å². The number of hydrogen-bond donors (Lipinski definition) is 2. The zero-order chi connectivity index (χ0) is 30.0. The smallest absolute Gasteiger partial charge is 0.337 e. The summed E-state index contributed by atoms with van der Waals surface area (Å²) in [5, 5.41) is 36.2. The Morgan fingerprint density at radius 3 is 1.64 bits per heavy atom. The zero-order valence-electron chi connectivity index (χ0n) is 22.0. The predicted octanol–water partition coefficient (Wildman–Crippen LogP) is 7.51. The second-order valence-corrected chi connectivity index (χ2v) is 9.80. The van der Waals surface area contributed by atoms with Gasteiger partial charge < -0.3 is 19.7 Å². The van der Waals surface area contributed by atoms with E-state index >= 15 is 0 Å². The number of carboxylic acids is 2. The highest BCUT2D eigenvalue weighted by molar-refractivity contribution is 6.30. The number of carboxylic acid groups (broad SMARTS) is 2. The summed E-state index contributed by atoms with van der Waals surface area (Å²) in [6.07, 6.45) is 0. The van der Waals surface area contributed by atoms with Crippen LogP contribution in [-0.2, 0) is 0 Å². The topological polar surface area (TPSA) is 145 Å². The second kappa shape index (κ2) is 11.8. The zero-order valence-corrected chi connectivity index (χ0v) is 23.5. The molecule has 3 aromatic carbocycles. The van der Waals surface area contributed by atoms with E-state index in [9.17, 15) is 19.8 Å². The molecule has 2 heterocycles.